The number of aliphatic hydroxyl groups is 1. The molecule has 7 heteroatoms. The zero-order valence-corrected chi connectivity index (χ0v) is 17.9. The number of piperidine rings is 1. The Kier molecular flexibility index (Phi) is 4.42. The van der Waals surface area contributed by atoms with Crippen LogP contribution in [0.25, 0.3) is 11.0 Å². The molecular formula is C25H26N4O3. The van der Waals surface area contributed by atoms with Gasteiger partial charge in [0, 0.05) is 37.2 Å². The normalized spacial score (nSPS) is 24.5. The predicted octanol–water partition coefficient (Wildman–Crippen LogP) is 2.94. The third kappa shape index (κ3) is 3.22. The van der Waals surface area contributed by atoms with Crippen molar-refractivity contribution in [2.75, 3.05) is 13.1 Å². The molecule has 7 nitrogen and oxygen atoms in total. The molecular weight excluding hydrogens is 404 g/mol. The summed E-state index contributed by atoms with van der Waals surface area (Å²) in [5, 5.41) is 20.0. The van der Waals surface area contributed by atoms with E-state index in [-0.39, 0.29) is 11.3 Å². The van der Waals surface area contributed by atoms with Crippen LogP contribution < -0.4 is 10.4 Å². The number of rotatable bonds is 1. The number of aliphatic hydroxyl groups excluding tert-OH is 1. The summed E-state index contributed by atoms with van der Waals surface area (Å²) in [5.74, 6) is 0.680. The maximum Gasteiger partial charge on any atom is 0.323 e. The lowest BCUT2D eigenvalue weighted by atomic mass is 9.80. The molecule has 1 fully saturated rings. The van der Waals surface area contributed by atoms with Crippen LogP contribution in [-0.4, -0.2) is 44.7 Å². The van der Waals surface area contributed by atoms with Crippen LogP contribution in [-0.2, 0) is 12.8 Å². The van der Waals surface area contributed by atoms with E-state index in [2.05, 4.69) is 27.0 Å². The molecule has 6 rings (SSSR count). The predicted molar refractivity (Wildman–Crippen MR) is 120 cm³/mol. The lowest BCUT2D eigenvalue weighted by Gasteiger charge is -2.48. The maximum atomic E-state index is 11.6. The van der Waals surface area contributed by atoms with E-state index in [0.717, 1.165) is 56.3 Å². The van der Waals surface area contributed by atoms with Gasteiger partial charge in [-0.3, -0.25) is 4.90 Å². The Morgan fingerprint density at radius 2 is 1.91 bits per heavy atom. The Bertz CT molecular complexity index is 1290. The first-order chi connectivity index (χ1) is 15.5. The van der Waals surface area contributed by atoms with Gasteiger partial charge in [-0.15, -0.1) is 0 Å². The first-order valence-corrected chi connectivity index (χ1v) is 11.4. The zero-order chi connectivity index (χ0) is 21.9. The van der Waals surface area contributed by atoms with Crippen LogP contribution in [0.3, 0.4) is 0 Å². The Morgan fingerprint density at radius 3 is 2.69 bits per heavy atom. The van der Waals surface area contributed by atoms with Crippen molar-refractivity contribution in [1.29, 1.82) is 5.26 Å². The molecule has 1 spiro atoms. The molecule has 1 aliphatic carbocycles. The van der Waals surface area contributed by atoms with Crippen molar-refractivity contribution in [3.63, 3.8) is 0 Å². The summed E-state index contributed by atoms with van der Waals surface area (Å²) in [5.41, 5.74) is 4.97. The van der Waals surface area contributed by atoms with Crippen LogP contribution in [0.5, 0.6) is 5.75 Å². The molecule has 3 heterocycles. The van der Waals surface area contributed by atoms with Crippen molar-refractivity contribution in [1.82, 2.24) is 14.9 Å². The van der Waals surface area contributed by atoms with E-state index < -0.39 is 6.10 Å². The van der Waals surface area contributed by atoms with E-state index in [1.807, 2.05) is 24.3 Å². The van der Waals surface area contributed by atoms with Gasteiger partial charge in [0.25, 0.3) is 0 Å². The number of ether oxygens (including phenoxy) is 1. The first-order valence-electron chi connectivity index (χ1n) is 11.4. The molecule has 2 aliphatic heterocycles. The van der Waals surface area contributed by atoms with Gasteiger partial charge in [0.05, 0.1) is 28.8 Å². The Morgan fingerprint density at radius 1 is 1.12 bits per heavy atom. The highest BCUT2D eigenvalue weighted by molar-refractivity contribution is 5.78. The van der Waals surface area contributed by atoms with Crippen molar-refractivity contribution >= 4 is 11.0 Å². The van der Waals surface area contributed by atoms with E-state index in [4.69, 9.17) is 10.00 Å². The second kappa shape index (κ2) is 7.22. The highest BCUT2D eigenvalue weighted by atomic mass is 16.5. The fourth-order valence-corrected chi connectivity index (χ4v) is 5.89. The van der Waals surface area contributed by atoms with Crippen LogP contribution in [0.4, 0.5) is 0 Å². The van der Waals surface area contributed by atoms with Gasteiger partial charge in [-0.1, -0.05) is 6.07 Å². The van der Waals surface area contributed by atoms with Crippen LogP contribution in [0, 0.1) is 11.3 Å². The average Bonchev–Trinajstić information content (AvgIpc) is 3.16. The minimum atomic E-state index is -0.594. The molecule has 3 aromatic rings. The number of aromatic nitrogens is 2. The van der Waals surface area contributed by atoms with Gasteiger partial charge in [-0.05, 0) is 61.4 Å². The minimum Gasteiger partial charge on any atom is -0.487 e. The van der Waals surface area contributed by atoms with Crippen LogP contribution in [0.15, 0.2) is 35.1 Å². The highest BCUT2D eigenvalue weighted by Crippen LogP contribution is 2.45. The van der Waals surface area contributed by atoms with Crippen LogP contribution in [0.1, 0.15) is 54.0 Å². The summed E-state index contributed by atoms with van der Waals surface area (Å²) < 4.78 is 6.51. The summed E-state index contributed by atoms with van der Waals surface area (Å²) in [6.07, 6.45) is 4.90. The fourth-order valence-electron chi connectivity index (χ4n) is 5.89. The molecule has 32 heavy (non-hydrogen) atoms. The second-order valence-electron chi connectivity index (χ2n) is 9.55. The number of likely N-dealkylation sites (tertiary alicyclic amines) is 1. The number of benzene rings is 2. The SMILES string of the molecule is N#Cc1ccc2c(c1)CCC(N1CCC3(CC1)CC(O)c1cc4[nH]c(=O)[nH]c4cc1O3)C2. The summed E-state index contributed by atoms with van der Waals surface area (Å²) in [6, 6.07) is 12.5. The highest BCUT2D eigenvalue weighted by Gasteiger charge is 2.44. The van der Waals surface area contributed by atoms with Gasteiger partial charge in [0.2, 0.25) is 0 Å². The molecule has 2 unspecified atom stereocenters. The number of hydrogen-bond donors (Lipinski definition) is 3. The van der Waals surface area contributed by atoms with Gasteiger partial charge in [-0.25, -0.2) is 4.79 Å². The fraction of sp³-hybridized carbons (Fsp3) is 0.440. The van der Waals surface area contributed by atoms with Crippen molar-refractivity contribution in [2.24, 2.45) is 0 Å². The van der Waals surface area contributed by atoms with Crippen molar-refractivity contribution in [3.05, 3.63) is 63.1 Å². The van der Waals surface area contributed by atoms with E-state index in [1.54, 1.807) is 0 Å². The quantitative estimate of drug-likeness (QED) is 0.551. The lowest BCUT2D eigenvalue weighted by molar-refractivity contribution is -0.0607. The summed E-state index contributed by atoms with van der Waals surface area (Å²) in [4.78, 5) is 19.8. The molecule has 0 bridgehead atoms. The topological polar surface area (TPSA) is 105 Å². The number of aromatic amines is 2. The third-order valence-corrected chi connectivity index (χ3v) is 7.66. The monoisotopic (exact) mass is 430 g/mol. The molecule has 2 atom stereocenters. The molecule has 0 saturated carbocycles. The molecule has 1 saturated heterocycles. The van der Waals surface area contributed by atoms with Crippen LogP contribution >= 0.6 is 0 Å². The summed E-state index contributed by atoms with van der Waals surface area (Å²) in [7, 11) is 0. The average molecular weight is 431 g/mol. The molecule has 3 N–H and O–H groups in total. The molecule has 1 aromatic heterocycles. The van der Waals surface area contributed by atoms with Gasteiger partial charge in [0.15, 0.2) is 0 Å². The van der Waals surface area contributed by atoms with Gasteiger partial charge in [0.1, 0.15) is 11.4 Å². The minimum absolute atomic E-state index is 0.252. The maximum absolute atomic E-state index is 11.6. The molecule has 2 aromatic carbocycles. The number of fused-ring (bicyclic) bond motifs is 3. The van der Waals surface area contributed by atoms with Crippen molar-refractivity contribution in [2.45, 2.75) is 56.3 Å². The number of nitrogens with one attached hydrogen (secondary N) is 2. The molecule has 164 valence electrons. The Balaban J connectivity index is 1.17. The standard InChI is InChI=1S/C25H26N4O3/c26-14-15-1-2-17-10-18(4-3-16(17)9-15)29-7-5-25(6-8-29)13-22(30)19-11-20-21(12-23(19)32-25)28-24(31)27-20/h1-2,9,11-12,18,22,30H,3-8,10,13H2,(H2,27,28,31). The number of nitriles is 1. The van der Waals surface area contributed by atoms with Gasteiger partial charge < -0.3 is 19.8 Å². The van der Waals surface area contributed by atoms with Crippen LogP contribution in [0.2, 0.25) is 0 Å². The molecule has 3 aliphatic rings. The second-order valence-corrected chi connectivity index (χ2v) is 9.55. The molecule has 0 amide bonds. The summed E-state index contributed by atoms with van der Waals surface area (Å²) in [6.45, 7) is 1.89. The Hall–Kier alpha value is -3.08. The largest absolute Gasteiger partial charge is 0.487 e. The first kappa shape index (κ1) is 19.6. The van der Waals surface area contributed by atoms with Gasteiger partial charge >= 0.3 is 5.69 Å². The van der Waals surface area contributed by atoms with E-state index in [0.29, 0.717) is 29.2 Å². The van der Waals surface area contributed by atoms with E-state index >= 15 is 0 Å². The number of aryl methyl sites for hydroxylation is 1. The smallest absolute Gasteiger partial charge is 0.323 e. The van der Waals surface area contributed by atoms with Crippen molar-refractivity contribution < 1.29 is 9.84 Å². The van der Waals surface area contributed by atoms with Gasteiger partial charge in [-0.2, -0.15) is 5.26 Å². The summed E-state index contributed by atoms with van der Waals surface area (Å²) >= 11 is 0. The van der Waals surface area contributed by atoms with Crippen molar-refractivity contribution in [3.8, 4) is 11.8 Å². The van der Waals surface area contributed by atoms with E-state index in [9.17, 15) is 9.90 Å². The number of imidazole rings is 1. The zero-order valence-electron chi connectivity index (χ0n) is 17.9. The Labute approximate surface area is 185 Å². The number of nitrogens with zero attached hydrogens (tertiary/aromatic N) is 2. The lowest BCUT2D eigenvalue weighted by Crippen LogP contribution is -2.53. The number of hydrogen-bond acceptors (Lipinski definition) is 5. The molecule has 0 radical (unpaired) electrons. The van der Waals surface area contributed by atoms with E-state index in [1.165, 1.54) is 11.1 Å². The third-order valence-electron chi connectivity index (χ3n) is 7.66. The number of H-pyrrole nitrogens is 2.